The van der Waals surface area contributed by atoms with Crippen LogP contribution in [0.25, 0.3) is 0 Å². The molecule has 1 unspecified atom stereocenters. The molecular weight excluding hydrogens is 257 g/mol. The molecule has 2 rings (SSSR count). The van der Waals surface area contributed by atoms with E-state index in [-0.39, 0.29) is 0 Å². The van der Waals surface area contributed by atoms with Crippen LogP contribution in [-0.4, -0.2) is 11.1 Å². The summed E-state index contributed by atoms with van der Waals surface area (Å²) in [5.74, 6) is -0.972. The average molecular weight is 272 g/mol. The normalized spacial score (nSPS) is 25.2. The first-order chi connectivity index (χ1) is 8.52. The van der Waals surface area contributed by atoms with Gasteiger partial charge in [0.2, 0.25) is 0 Å². The van der Waals surface area contributed by atoms with E-state index in [2.05, 4.69) is 0 Å². The third-order valence-electron chi connectivity index (χ3n) is 4.12. The number of carboxylic acids is 1. The third-order valence-corrected chi connectivity index (χ3v) is 4.12. The van der Waals surface area contributed by atoms with E-state index in [0.29, 0.717) is 17.5 Å². The van der Waals surface area contributed by atoms with Gasteiger partial charge >= 0.3 is 12.1 Å². The van der Waals surface area contributed by atoms with Gasteiger partial charge in [0.15, 0.2) is 0 Å². The number of benzene rings is 1. The zero-order chi connectivity index (χ0) is 14.6. The summed E-state index contributed by atoms with van der Waals surface area (Å²) in [6.07, 6.45) is -3.96. The van der Waals surface area contributed by atoms with E-state index in [9.17, 15) is 23.1 Å². The van der Waals surface area contributed by atoms with Gasteiger partial charge in [0.25, 0.3) is 0 Å². The molecule has 19 heavy (non-hydrogen) atoms. The van der Waals surface area contributed by atoms with Gasteiger partial charge in [-0.15, -0.1) is 0 Å². The summed E-state index contributed by atoms with van der Waals surface area (Å²) in [7, 11) is 0. The van der Waals surface area contributed by atoms with Crippen molar-refractivity contribution in [2.45, 2.75) is 38.8 Å². The van der Waals surface area contributed by atoms with Crippen LogP contribution in [0.1, 0.15) is 37.0 Å². The van der Waals surface area contributed by atoms with Gasteiger partial charge in [-0.1, -0.05) is 19.9 Å². The fourth-order valence-corrected chi connectivity index (χ4v) is 2.88. The molecule has 104 valence electrons. The Morgan fingerprint density at radius 2 is 1.84 bits per heavy atom. The van der Waals surface area contributed by atoms with Crippen molar-refractivity contribution < 1.29 is 23.1 Å². The monoisotopic (exact) mass is 272 g/mol. The van der Waals surface area contributed by atoms with Crippen molar-refractivity contribution in [1.29, 1.82) is 0 Å². The van der Waals surface area contributed by atoms with Gasteiger partial charge in [0.05, 0.1) is 11.0 Å². The summed E-state index contributed by atoms with van der Waals surface area (Å²) in [6.45, 7) is 5.17. The van der Waals surface area contributed by atoms with Crippen LogP contribution in [0.2, 0.25) is 0 Å². The highest BCUT2D eigenvalue weighted by Crippen LogP contribution is 2.65. The van der Waals surface area contributed by atoms with Crippen LogP contribution in [0.15, 0.2) is 18.2 Å². The first-order valence-electron chi connectivity index (χ1n) is 5.94. The Morgan fingerprint density at radius 1 is 1.32 bits per heavy atom. The van der Waals surface area contributed by atoms with Crippen LogP contribution in [0.4, 0.5) is 13.2 Å². The fourth-order valence-electron chi connectivity index (χ4n) is 2.88. The maximum Gasteiger partial charge on any atom is 0.416 e. The van der Waals surface area contributed by atoms with E-state index >= 15 is 0 Å². The van der Waals surface area contributed by atoms with Crippen LogP contribution in [0, 0.1) is 12.3 Å². The van der Waals surface area contributed by atoms with Gasteiger partial charge in [-0.2, -0.15) is 13.2 Å². The van der Waals surface area contributed by atoms with Gasteiger partial charge in [-0.25, -0.2) is 0 Å². The molecule has 1 aromatic carbocycles. The Bertz CT molecular complexity index is 546. The average Bonchev–Trinajstić information content (AvgIpc) is 2.81. The maximum absolute atomic E-state index is 12.6. The molecule has 0 saturated heterocycles. The molecule has 2 nitrogen and oxygen atoms in total. The lowest BCUT2D eigenvalue weighted by Crippen LogP contribution is -2.26. The van der Waals surface area contributed by atoms with Crippen molar-refractivity contribution in [3.05, 3.63) is 34.9 Å². The second kappa shape index (κ2) is 3.74. The summed E-state index contributed by atoms with van der Waals surface area (Å²) >= 11 is 0. The number of alkyl halides is 3. The lowest BCUT2D eigenvalue weighted by Gasteiger charge is -2.19. The molecule has 0 aromatic heterocycles. The number of hydrogen-bond acceptors (Lipinski definition) is 1. The van der Waals surface area contributed by atoms with Crippen molar-refractivity contribution in [3.8, 4) is 0 Å². The SMILES string of the molecule is Cc1cc(C(F)(F)F)ccc1C1(C(=O)O)CC1(C)C. The highest BCUT2D eigenvalue weighted by molar-refractivity contribution is 5.87. The number of carboxylic acid groups (broad SMARTS) is 1. The van der Waals surface area contributed by atoms with Gasteiger partial charge in [-0.05, 0) is 42.0 Å². The van der Waals surface area contributed by atoms with Gasteiger partial charge in [0, 0.05) is 0 Å². The quantitative estimate of drug-likeness (QED) is 0.889. The molecule has 1 atom stereocenters. The zero-order valence-corrected chi connectivity index (χ0v) is 10.9. The minimum atomic E-state index is -4.40. The lowest BCUT2D eigenvalue weighted by molar-refractivity contribution is -0.141. The van der Waals surface area contributed by atoms with E-state index in [0.717, 1.165) is 12.1 Å². The minimum Gasteiger partial charge on any atom is -0.481 e. The molecular formula is C14H15F3O2. The maximum atomic E-state index is 12.6. The molecule has 1 saturated carbocycles. The van der Waals surface area contributed by atoms with Gasteiger partial charge < -0.3 is 5.11 Å². The predicted molar refractivity (Wildman–Crippen MR) is 63.9 cm³/mol. The lowest BCUT2D eigenvalue weighted by atomic mass is 9.84. The Kier molecular flexibility index (Phi) is 2.74. The Labute approximate surface area is 109 Å². The predicted octanol–water partition coefficient (Wildman–Crippen LogP) is 3.77. The highest BCUT2D eigenvalue weighted by Gasteiger charge is 2.68. The topological polar surface area (TPSA) is 37.3 Å². The van der Waals surface area contributed by atoms with Crippen LogP contribution < -0.4 is 0 Å². The third kappa shape index (κ3) is 1.91. The van der Waals surface area contributed by atoms with E-state index in [1.165, 1.54) is 13.0 Å². The Hall–Kier alpha value is -1.52. The van der Waals surface area contributed by atoms with Gasteiger partial charge in [-0.3, -0.25) is 4.79 Å². The van der Waals surface area contributed by atoms with E-state index < -0.39 is 28.5 Å². The summed E-state index contributed by atoms with van der Waals surface area (Å²) in [5, 5.41) is 9.42. The summed E-state index contributed by atoms with van der Waals surface area (Å²) in [6, 6.07) is 3.29. The molecule has 0 aliphatic heterocycles. The number of hydrogen-bond donors (Lipinski definition) is 1. The van der Waals surface area contributed by atoms with Crippen molar-refractivity contribution in [1.82, 2.24) is 0 Å². The zero-order valence-electron chi connectivity index (χ0n) is 10.9. The van der Waals surface area contributed by atoms with Crippen molar-refractivity contribution in [3.63, 3.8) is 0 Å². The molecule has 0 bridgehead atoms. The van der Waals surface area contributed by atoms with Crippen LogP contribution >= 0.6 is 0 Å². The first-order valence-corrected chi connectivity index (χ1v) is 5.94. The highest BCUT2D eigenvalue weighted by atomic mass is 19.4. The smallest absolute Gasteiger partial charge is 0.416 e. The van der Waals surface area contributed by atoms with Crippen LogP contribution in [0.3, 0.4) is 0 Å². The second-order valence-electron chi connectivity index (χ2n) is 5.80. The van der Waals surface area contributed by atoms with Gasteiger partial charge in [0.1, 0.15) is 0 Å². The van der Waals surface area contributed by atoms with Crippen molar-refractivity contribution in [2.24, 2.45) is 5.41 Å². The second-order valence-corrected chi connectivity index (χ2v) is 5.80. The van der Waals surface area contributed by atoms with E-state index in [1.807, 2.05) is 13.8 Å². The van der Waals surface area contributed by atoms with Crippen LogP contribution in [-0.2, 0) is 16.4 Å². The summed E-state index contributed by atoms with van der Waals surface area (Å²) in [4.78, 5) is 11.5. The number of carbonyl (C=O) groups is 1. The summed E-state index contributed by atoms with van der Waals surface area (Å²) in [5.41, 5.74) is -1.36. The number of aryl methyl sites for hydroxylation is 1. The van der Waals surface area contributed by atoms with E-state index in [4.69, 9.17) is 0 Å². The first kappa shape index (κ1) is 13.9. The molecule has 0 spiro atoms. The molecule has 1 aliphatic rings. The molecule has 1 fully saturated rings. The number of aliphatic carboxylic acids is 1. The Morgan fingerprint density at radius 3 is 2.16 bits per heavy atom. The largest absolute Gasteiger partial charge is 0.481 e. The minimum absolute atomic E-state index is 0.378. The number of halogens is 3. The molecule has 0 amide bonds. The number of rotatable bonds is 2. The molecule has 1 aromatic rings. The summed E-state index contributed by atoms with van der Waals surface area (Å²) < 4.78 is 37.8. The van der Waals surface area contributed by atoms with E-state index in [1.54, 1.807) is 0 Å². The molecule has 1 aliphatic carbocycles. The molecule has 5 heteroatoms. The molecule has 0 radical (unpaired) electrons. The molecule has 0 heterocycles. The van der Waals surface area contributed by atoms with Crippen molar-refractivity contribution in [2.75, 3.05) is 0 Å². The Balaban J connectivity index is 2.52. The molecule has 1 N–H and O–H groups in total. The van der Waals surface area contributed by atoms with Crippen LogP contribution in [0.5, 0.6) is 0 Å². The fraction of sp³-hybridized carbons (Fsp3) is 0.500. The standard InChI is InChI=1S/C14H15F3O2/c1-8-6-9(14(15,16)17)4-5-10(8)13(11(18)19)7-12(13,2)3/h4-6H,7H2,1-3H3,(H,18,19). The van der Waals surface area contributed by atoms with Crippen molar-refractivity contribution >= 4 is 5.97 Å².